The zero-order valence-corrected chi connectivity index (χ0v) is 8.21. The smallest absolute Gasteiger partial charge is 0.315 e. The normalized spacial score (nSPS) is 17.4. The molecule has 1 fully saturated rings. The van der Waals surface area contributed by atoms with E-state index in [-0.39, 0.29) is 12.6 Å². The van der Waals surface area contributed by atoms with E-state index in [4.69, 9.17) is 0 Å². The predicted molar refractivity (Wildman–Crippen MR) is 53.1 cm³/mol. The van der Waals surface area contributed by atoms with Gasteiger partial charge in [0.15, 0.2) is 0 Å². The minimum atomic E-state index is -0.254. The molecule has 0 radical (unpaired) electrons. The number of aldehydes is 1. The maximum atomic E-state index is 11.0. The Balaban J connectivity index is 2.06. The van der Waals surface area contributed by atoms with Crippen LogP contribution >= 0.6 is 0 Å². The van der Waals surface area contributed by atoms with Crippen molar-refractivity contribution < 1.29 is 9.59 Å². The number of amides is 2. The van der Waals surface area contributed by atoms with Gasteiger partial charge in [-0.15, -0.1) is 0 Å². The standard InChI is InChI=1S/C9H17N3O2/c13-6-5-11-9(14)12-7-8-1-3-10-4-2-8/h6,8,10H,1-5,7H2,(H2,11,12,14). The first kappa shape index (κ1) is 11.0. The Hall–Kier alpha value is -1.10. The van der Waals surface area contributed by atoms with Gasteiger partial charge in [0, 0.05) is 6.54 Å². The fourth-order valence-electron chi connectivity index (χ4n) is 1.52. The quantitative estimate of drug-likeness (QED) is 0.534. The molecule has 0 atom stereocenters. The largest absolute Gasteiger partial charge is 0.338 e. The van der Waals surface area contributed by atoms with Gasteiger partial charge < -0.3 is 20.7 Å². The molecule has 0 saturated carbocycles. The minimum Gasteiger partial charge on any atom is -0.338 e. The lowest BCUT2D eigenvalue weighted by atomic mass is 9.98. The van der Waals surface area contributed by atoms with Crippen molar-refractivity contribution in [3.8, 4) is 0 Å². The first-order chi connectivity index (χ1) is 6.83. The molecule has 0 aliphatic carbocycles. The Morgan fingerprint density at radius 2 is 2.07 bits per heavy atom. The highest BCUT2D eigenvalue weighted by Gasteiger charge is 2.13. The predicted octanol–water partition coefficient (Wildman–Crippen LogP) is -0.516. The molecule has 5 nitrogen and oxygen atoms in total. The molecular formula is C9H17N3O2. The van der Waals surface area contributed by atoms with Crippen molar-refractivity contribution in [2.24, 2.45) is 5.92 Å². The van der Waals surface area contributed by atoms with Crippen LogP contribution in [0.1, 0.15) is 12.8 Å². The summed E-state index contributed by atoms with van der Waals surface area (Å²) in [7, 11) is 0. The molecule has 2 amide bonds. The van der Waals surface area contributed by atoms with Crippen LogP contribution < -0.4 is 16.0 Å². The first-order valence-electron chi connectivity index (χ1n) is 4.99. The van der Waals surface area contributed by atoms with E-state index in [0.29, 0.717) is 18.7 Å². The van der Waals surface area contributed by atoms with Crippen LogP contribution in [0.25, 0.3) is 0 Å². The maximum absolute atomic E-state index is 11.0. The van der Waals surface area contributed by atoms with Crippen LogP contribution in [0.3, 0.4) is 0 Å². The summed E-state index contributed by atoms with van der Waals surface area (Å²) in [5.74, 6) is 0.568. The summed E-state index contributed by atoms with van der Waals surface area (Å²) in [6.45, 7) is 2.84. The van der Waals surface area contributed by atoms with Gasteiger partial charge in [-0.2, -0.15) is 0 Å². The monoisotopic (exact) mass is 199 g/mol. The minimum absolute atomic E-state index is 0.0814. The van der Waals surface area contributed by atoms with Gasteiger partial charge in [0.2, 0.25) is 0 Å². The third-order valence-electron chi connectivity index (χ3n) is 2.36. The lowest BCUT2D eigenvalue weighted by Crippen LogP contribution is -2.41. The number of rotatable bonds is 4. The molecular weight excluding hydrogens is 182 g/mol. The Morgan fingerprint density at radius 3 is 2.71 bits per heavy atom. The van der Waals surface area contributed by atoms with E-state index in [1.807, 2.05) is 0 Å². The molecule has 0 unspecified atom stereocenters. The maximum Gasteiger partial charge on any atom is 0.315 e. The molecule has 1 saturated heterocycles. The van der Waals surface area contributed by atoms with Crippen LogP contribution in [0.15, 0.2) is 0 Å². The summed E-state index contributed by atoms with van der Waals surface area (Å²) < 4.78 is 0. The van der Waals surface area contributed by atoms with Gasteiger partial charge in [0.05, 0.1) is 6.54 Å². The van der Waals surface area contributed by atoms with E-state index < -0.39 is 0 Å². The lowest BCUT2D eigenvalue weighted by molar-refractivity contribution is -0.107. The van der Waals surface area contributed by atoms with Crippen molar-refractivity contribution in [1.82, 2.24) is 16.0 Å². The Bertz CT molecular complexity index is 190. The summed E-state index contributed by atoms with van der Waals surface area (Å²) >= 11 is 0. The molecule has 1 heterocycles. The molecule has 0 aromatic carbocycles. The van der Waals surface area contributed by atoms with Crippen molar-refractivity contribution >= 4 is 12.3 Å². The van der Waals surface area contributed by atoms with Gasteiger partial charge in [-0.25, -0.2) is 4.79 Å². The zero-order valence-electron chi connectivity index (χ0n) is 8.21. The molecule has 80 valence electrons. The molecule has 3 N–H and O–H groups in total. The van der Waals surface area contributed by atoms with Gasteiger partial charge in [0.1, 0.15) is 6.29 Å². The number of urea groups is 1. The second kappa shape index (κ2) is 6.37. The highest BCUT2D eigenvalue weighted by atomic mass is 16.2. The number of nitrogens with one attached hydrogen (secondary N) is 3. The molecule has 0 aromatic heterocycles. The highest BCUT2D eigenvalue weighted by molar-refractivity contribution is 5.76. The van der Waals surface area contributed by atoms with Crippen LogP contribution in [0, 0.1) is 5.92 Å². The van der Waals surface area contributed by atoms with E-state index >= 15 is 0 Å². The van der Waals surface area contributed by atoms with Crippen LogP contribution in [0.2, 0.25) is 0 Å². The fraction of sp³-hybridized carbons (Fsp3) is 0.778. The summed E-state index contributed by atoms with van der Waals surface area (Å²) in [6.07, 6.45) is 2.88. The number of carbonyl (C=O) groups is 2. The number of hydrogen-bond donors (Lipinski definition) is 3. The van der Waals surface area contributed by atoms with Crippen LogP contribution in [-0.4, -0.2) is 38.5 Å². The van der Waals surface area contributed by atoms with Crippen molar-refractivity contribution in [1.29, 1.82) is 0 Å². The molecule has 14 heavy (non-hydrogen) atoms. The molecule has 5 heteroatoms. The lowest BCUT2D eigenvalue weighted by Gasteiger charge is -2.22. The van der Waals surface area contributed by atoms with E-state index in [1.54, 1.807) is 0 Å². The zero-order chi connectivity index (χ0) is 10.2. The van der Waals surface area contributed by atoms with Crippen molar-refractivity contribution in [3.05, 3.63) is 0 Å². The Labute approximate surface area is 83.6 Å². The molecule has 1 rings (SSSR count). The van der Waals surface area contributed by atoms with E-state index in [0.717, 1.165) is 25.9 Å². The van der Waals surface area contributed by atoms with Gasteiger partial charge in [0.25, 0.3) is 0 Å². The molecule has 1 aliphatic heterocycles. The van der Waals surface area contributed by atoms with Crippen molar-refractivity contribution in [3.63, 3.8) is 0 Å². The van der Waals surface area contributed by atoms with Crippen LogP contribution in [-0.2, 0) is 4.79 Å². The fourth-order valence-corrected chi connectivity index (χ4v) is 1.52. The second-order valence-corrected chi connectivity index (χ2v) is 3.45. The average molecular weight is 199 g/mol. The number of piperidine rings is 1. The van der Waals surface area contributed by atoms with E-state index in [2.05, 4.69) is 16.0 Å². The summed E-state index contributed by atoms with van der Waals surface area (Å²) in [5, 5.41) is 8.45. The summed E-state index contributed by atoms with van der Waals surface area (Å²) in [6, 6.07) is -0.254. The number of carbonyl (C=O) groups excluding carboxylic acids is 2. The van der Waals surface area contributed by atoms with Crippen LogP contribution in [0.4, 0.5) is 4.79 Å². The second-order valence-electron chi connectivity index (χ2n) is 3.45. The Morgan fingerprint density at radius 1 is 1.36 bits per heavy atom. The molecule has 0 bridgehead atoms. The van der Waals surface area contributed by atoms with Gasteiger partial charge >= 0.3 is 6.03 Å². The SMILES string of the molecule is O=CCNC(=O)NCC1CCNCC1. The van der Waals surface area contributed by atoms with Crippen LogP contribution in [0.5, 0.6) is 0 Å². The summed E-state index contributed by atoms with van der Waals surface area (Å²) in [5.41, 5.74) is 0. The van der Waals surface area contributed by atoms with Gasteiger partial charge in [-0.05, 0) is 31.8 Å². The Kier molecular flexibility index (Phi) is 4.99. The molecule has 0 spiro atoms. The number of hydrogen-bond acceptors (Lipinski definition) is 3. The van der Waals surface area contributed by atoms with Crippen molar-refractivity contribution in [2.45, 2.75) is 12.8 Å². The summed E-state index contributed by atoms with van der Waals surface area (Å²) in [4.78, 5) is 21.0. The third-order valence-corrected chi connectivity index (χ3v) is 2.36. The third kappa shape index (κ3) is 4.23. The van der Waals surface area contributed by atoms with Gasteiger partial charge in [-0.1, -0.05) is 0 Å². The molecule has 1 aliphatic rings. The van der Waals surface area contributed by atoms with Gasteiger partial charge in [-0.3, -0.25) is 0 Å². The average Bonchev–Trinajstić information content (AvgIpc) is 2.25. The van der Waals surface area contributed by atoms with Crippen molar-refractivity contribution in [2.75, 3.05) is 26.2 Å². The first-order valence-corrected chi connectivity index (χ1v) is 4.99. The van der Waals surface area contributed by atoms with E-state index in [9.17, 15) is 9.59 Å². The topological polar surface area (TPSA) is 70.2 Å². The highest BCUT2D eigenvalue weighted by Crippen LogP contribution is 2.09. The molecule has 0 aromatic rings. The van der Waals surface area contributed by atoms with E-state index in [1.165, 1.54) is 0 Å².